The lowest BCUT2D eigenvalue weighted by atomic mass is 10.2. The van der Waals surface area contributed by atoms with Crippen LogP contribution in [-0.2, 0) is 9.53 Å². The smallest absolute Gasteiger partial charge is 0.340 e. The van der Waals surface area contributed by atoms with Gasteiger partial charge in [0.2, 0.25) is 0 Å². The molecule has 8 nitrogen and oxygen atoms in total. The van der Waals surface area contributed by atoms with Gasteiger partial charge in [-0.25, -0.2) is 14.5 Å². The van der Waals surface area contributed by atoms with Gasteiger partial charge in [0.25, 0.3) is 5.91 Å². The third kappa shape index (κ3) is 4.47. The van der Waals surface area contributed by atoms with E-state index in [0.29, 0.717) is 17.1 Å². The molecule has 29 heavy (non-hydrogen) atoms. The van der Waals surface area contributed by atoms with Crippen LogP contribution < -0.4 is 5.32 Å². The van der Waals surface area contributed by atoms with Crippen LogP contribution in [0.1, 0.15) is 34.2 Å². The lowest BCUT2D eigenvalue weighted by molar-refractivity contribution is -0.123. The van der Waals surface area contributed by atoms with E-state index in [9.17, 15) is 9.59 Å². The number of nitriles is 1. The number of rotatable bonds is 5. The van der Waals surface area contributed by atoms with E-state index < -0.39 is 18.0 Å². The fourth-order valence-electron chi connectivity index (χ4n) is 2.70. The maximum atomic E-state index is 12.3. The van der Waals surface area contributed by atoms with Crippen LogP contribution in [0.5, 0.6) is 0 Å². The van der Waals surface area contributed by atoms with Gasteiger partial charge in [0, 0.05) is 11.9 Å². The number of aromatic nitrogens is 3. The van der Waals surface area contributed by atoms with Gasteiger partial charge < -0.3 is 10.1 Å². The second-order valence-corrected chi connectivity index (χ2v) is 6.44. The number of esters is 1. The predicted molar refractivity (Wildman–Crippen MR) is 105 cm³/mol. The summed E-state index contributed by atoms with van der Waals surface area (Å²) in [6, 6.07) is 13.7. The second kappa shape index (κ2) is 8.35. The van der Waals surface area contributed by atoms with Crippen molar-refractivity contribution in [1.82, 2.24) is 14.8 Å². The molecule has 0 radical (unpaired) electrons. The van der Waals surface area contributed by atoms with Crippen molar-refractivity contribution in [2.75, 3.05) is 5.32 Å². The summed E-state index contributed by atoms with van der Waals surface area (Å²) in [5.74, 6) is -0.632. The zero-order chi connectivity index (χ0) is 21.0. The number of pyridine rings is 1. The molecule has 1 amide bonds. The maximum Gasteiger partial charge on any atom is 0.340 e. The van der Waals surface area contributed by atoms with Gasteiger partial charge in [-0.3, -0.25) is 4.79 Å². The molecule has 1 atom stereocenters. The fraction of sp³-hybridized carbons (Fsp3) is 0.190. The molecule has 3 rings (SSSR count). The zero-order valence-corrected chi connectivity index (χ0v) is 16.2. The third-order valence-corrected chi connectivity index (χ3v) is 4.17. The van der Waals surface area contributed by atoms with Gasteiger partial charge in [-0.1, -0.05) is 12.1 Å². The Morgan fingerprint density at radius 1 is 1.21 bits per heavy atom. The van der Waals surface area contributed by atoms with Crippen molar-refractivity contribution in [1.29, 1.82) is 5.26 Å². The van der Waals surface area contributed by atoms with Gasteiger partial charge in [-0.05, 0) is 51.1 Å². The summed E-state index contributed by atoms with van der Waals surface area (Å²) < 4.78 is 6.89. The highest BCUT2D eigenvalue weighted by molar-refractivity contribution is 5.98. The largest absolute Gasteiger partial charge is 0.449 e. The van der Waals surface area contributed by atoms with E-state index in [4.69, 9.17) is 10.00 Å². The van der Waals surface area contributed by atoms with Gasteiger partial charge in [0.05, 0.1) is 22.5 Å². The number of amides is 1. The average Bonchev–Trinajstić information content (AvgIpc) is 3.06. The van der Waals surface area contributed by atoms with Crippen molar-refractivity contribution >= 4 is 17.6 Å². The van der Waals surface area contributed by atoms with Crippen molar-refractivity contribution in [2.45, 2.75) is 26.9 Å². The number of benzene rings is 1. The van der Waals surface area contributed by atoms with Crippen molar-refractivity contribution in [3.63, 3.8) is 0 Å². The Morgan fingerprint density at radius 2 is 1.97 bits per heavy atom. The number of nitrogens with one attached hydrogen (secondary N) is 1. The molecule has 0 saturated heterocycles. The fourth-order valence-corrected chi connectivity index (χ4v) is 2.70. The van der Waals surface area contributed by atoms with E-state index in [-0.39, 0.29) is 5.56 Å². The number of nitrogens with zero attached hydrogens (tertiary/aromatic N) is 4. The first-order valence-electron chi connectivity index (χ1n) is 8.89. The summed E-state index contributed by atoms with van der Waals surface area (Å²) in [6.07, 6.45) is 0.328. The summed E-state index contributed by atoms with van der Waals surface area (Å²) in [5.41, 5.74) is 2.69. The van der Waals surface area contributed by atoms with Gasteiger partial charge in [-0.2, -0.15) is 10.4 Å². The second-order valence-electron chi connectivity index (χ2n) is 6.44. The molecular formula is C21H19N5O3. The van der Waals surface area contributed by atoms with Crippen molar-refractivity contribution in [3.8, 4) is 11.9 Å². The van der Waals surface area contributed by atoms with Crippen molar-refractivity contribution < 1.29 is 14.3 Å². The molecule has 8 heteroatoms. The topological polar surface area (TPSA) is 110 Å². The normalized spacial score (nSPS) is 11.4. The molecule has 0 fully saturated rings. The molecule has 2 aromatic heterocycles. The van der Waals surface area contributed by atoms with Crippen LogP contribution in [0.2, 0.25) is 0 Å². The Balaban J connectivity index is 1.65. The molecule has 0 spiro atoms. The third-order valence-electron chi connectivity index (χ3n) is 4.17. The minimum atomic E-state index is -1.05. The van der Waals surface area contributed by atoms with E-state index in [1.54, 1.807) is 41.1 Å². The van der Waals surface area contributed by atoms with E-state index in [2.05, 4.69) is 15.4 Å². The number of anilines is 1. The van der Waals surface area contributed by atoms with Gasteiger partial charge >= 0.3 is 5.97 Å². The number of ether oxygens (including phenoxy) is 1. The SMILES string of the molecule is Cc1cc(C)n(-c2ccc(C(=O)OC(C)C(=O)Nc3ccccc3C#N)cn2)n1. The molecule has 0 aliphatic rings. The van der Waals surface area contributed by atoms with E-state index >= 15 is 0 Å². The molecule has 0 saturated carbocycles. The Hall–Kier alpha value is -3.99. The molecule has 1 aromatic carbocycles. The first-order valence-corrected chi connectivity index (χ1v) is 8.89. The molecule has 146 valence electrons. The standard InChI is InChI=1S/C21H19N5O3/c1-13-10-14(2)26(25-13)19-9-8-17(12-23-19)21(28)29-15(3)20(27)24-18-7-5-4-6-16(18)11-22/h4-10,12,15H,1-3H3,(H,24,27). The lowest BCUT2D eigenvalue weighted by Crippen LogP contribution is -2.30. The minimum absolute atomic E-state index is 0.215. The quantitative estimate of drug-likeness (QED) is 0.672. The summed E-state index contributed by atoms with van der Waals surface area (Å²) in [6.45, 7) is 5.26. The first kappa shape index (κ1) is 19.8. The number of carbonyl (C=O) groups excluding carboxylic acids is 2. The van der Waals surface area contributed by atoms with Gasteiger partial charge in [0.1, 0.15) is 6.07 Å². The molecule has 1 unspecified atom stereocenters. The Morgan fingerprint density at radius 3 is 2.59 bits per heavy atom. The van der Waals surface area contributed by atoms with Crippen LogP contribution >= 0.6 is 0 Å². The summed E-state index contributed by atoms with van der Waals surface area (Å²) in [4.78, 5) is 28.9. The average molecular weight is 389 g/mol. The maximum absolute atomic E-state index is 12.3. The van der Waals surface area contributed by atoms with Crippen LogP contribution in [-0.4, -0.2) is 32.7 Å². The molecule has 2 heterocycles. The van der Waals surface area contributed by atoms with Crippen molar-refractivity contribution in [2.24, 2.45) is 0 Å². The number of carbonyl (C=O) groups is 2. The molecule has 0 bridgehead atoms. The van der Waals surface area contributed by atoms with Crippen LogP contribution in [0.4, 0.5) is 5.69 Å². The van der Waals surface area contributed by atoms with Crippen LogP contribution in [0.25, 0.3) is 5.82 Å². The van der Waals surface area contributed by atoms with Crippen LogP contribution in [0, 0.1) is 25.2 Å². The number of hydrogen-bond donors (Lipinski definition) is 1. The van der Waals surface area contributed by atoms with Gasteiger partial charge in [-0.15, -0.1) is 0 Å². The Kier molecular flexibility index (Phi) is 5.69. The monoisotopic (exact) mass is 389 g/mol. The first-order chi connectivity index (χ1) is 13.9. The van der Waals surface area contributed by atoms with E-state index in [1.165, 1.54) is 13.1 Å². The van der Waals surface area contributed by atoms with Crippen molar-refractivity contribution in [3.05, 3.63) is 71.2 Å². The molecule has 1 N–H and O–H groups in total. The highest BCUT2D eigenvalue weighted by Crippen LogP contribution is 2.15. The predicted octanol–water partition coefficient (Wildman–Crippen LogP) is 2.94. The number of para-hydroxylation sites is 1. The molecular weight excluding hydrogens is 370 g/mol. The van der Waals surface area contributed by atoms with Gasteiger partial charge in [0.15, 0.2) is 11.9 Å². The highest BCUT2D eigenvalue weighted by Gasteiger charge is 2.20. The minimum Gasteiger partial charge on any atom is -0.449 e. The van der Waals surface area contributed by atoms with E-state index in [0.717, 1.165) is 11.4 Å². The zero-order valence-electron chi connectivity index (χ0n) is 16.2. The summed E-state index contributed by atoms with van der Waals surface area (Å²) >= 11 is 0. The Bertz CT molecular complexity index is 1100. The Labute approximate surface area is 167 Å². The summed E-state index contributed by atoms with van der Waals surface area (Å²) in [5, 5.41) is 16.0. The molecule has 0 aliphatic carbocycles. The lowest BCUT2D eigenvalue weighted by Gasteiger charge is -2.14. The van der Waals surface area contributed by atoms with Crippen LogP contribution in [0.3, 0.4) is 0 Å². The van der Waals surface area contributed by atoms with Crippen LogP contribution in [0.15, 0.2) is 48.7 Å². The number of hydrogen-bond acceptors (Lipinski definition) is 6. The van der Waals surface area contributed by atoms with E-state index in [1.807, 2.05) is 26.0 Å². The summed E-state index contributed by atoms with van der Waals surface area (Å²) in [7, 11) is 0. The molecule has 0 aliphatic heterocycles. The highest BCUT2D eigenvalue weighted by atomic mass is 16.5. The molecule has 3 aromatic rings. The number of aryl methyl sites for hydroxylation is 2.